The lowest BCUT2D eigenvalue weighted by Crippen LogP contribution is -2.52. The molecule has 1 N–H and O–H groups in total. The van der Waals surface area contributed by atoms with Gasteiger partial charge in [0.1, 0.15) is 18.3 Å². The molecule has 0 aliphatic rings. The Morgan fingerprint density at radius 1 is 0.927 bits per heavy atom. The Bertz CT molecular complexity index is 1470. The van der Waals surface area contributed by atoms with Gasteiger partial charge in [-0.3, -0.25) is 13.9 Å². The van der Waals surface area contributed by atoms with Crippen molar-refractivity contribution < 1.29 is 22.7 Å². The van der Waals surface area contributed by atoms with Gasteiger partial charge in [-0.25, -0.2) is 8.42 Å². The summed E-state index contributed by atoms with van der Waals surface area (Å²) in [6.45, 7) is 5.29. The van der Waals surface area contributed by atoms with E-state index in [1.807, 2.05) is 0 Å². The van der Waals surface area contributed by atoms with Crippen LogP contribution in [0.1, 0.15) is 32.8 Å². The Morgan fingerprint density at radius 3 is 2.20 bits per heavy atom. The van der Waals surface area contributed by atoms with Gasteiger partial charge in [0, 0.05) is 28.2 Å². The molecular formula is C29H32Cl3N3O5S. The van der Waals surface area contributed by atoms with Crippen LogP contribution in [0.4, 0.5) is 5.69 Å². The number of nitrogens with zero attached hydrogens (tertiary/aromatic N) is 2. The summed E-state index contributed by atoms with van der Waals surface area (Å²) in [6, 6.07) is 16.2. The fraction of sp³-hybridized carbons (Fsp3) is 0.310. The van der Waals surface area contributed by atoms with E-state index in [2.05, 4.69) is 5.32 Å². The van der Waals surface area contributed by atoms with E-state index >= 15 is 0 Å². The zero-order valence-corrected chi connectivity index (χ0v) is 26.0. The van der Waals surface area contributed by atoms with Gasteiger partial charge in [0.25, 0.3) is 10.0 Å². The molecule has 3 aromatic carbocycles. The van der Waals surface area contributed by atoms with Crippen molar-refractivity contribution in [1.29, 1.82) is 0 Å². The average molecular weight is 641 g/mol. The molecule has 0 fully saturated rings. The standard InChI is InChI=1S/C29H32Cl3N3O5S/c1-4-25(29(37)33-5-2)34(18-20-11-12-22(31)17-24(20)32)28(36)19-35(26-9-7-8-10-27(26)40-6-3)41(38,39)23-15-13-21(30)14-16-23/h7-17,25H,4-6,18-19H2,1-3H3,(H,33,37)/t25-/m1/s1. The maximum absolute atomic E-state index is 14.1. The molecule has 0 bridgehead atoms. The molecule has 0 spiro atoms. The molecule has 0 unspecified atom stereocenters. The maximum Gasteiger partial charge on any atom is 0.264 e. The van der Waals surface area contributed by atoms with Gasteiger partial charge in [-0.15, -0.1) is 0 Å². The molecule has 0 heterocycles. The van der Waals surface area contributed by atoms with Crippen LogP contribution in [0.25, 0.3) is 0 Å². The molecule has 3 aromatic rings. The highest BCUT2D eigenvalue weighted by Crippen LogP contribution is 2.33. The van der Waals surface area contributed by atoms with E-state index in [0.717, 1.165) is 4.31 Å². The van der Waals surface area contributed by atoms with Crippen LogP contribution in [0.3, 0.4) is 0 Å². The molecule has 0 aliphatic heterocycles. The molecule has 0 aliphatic carbocycles. The lowest BCUT2D eigenvalue weighted by atomic mass is 10.1. The lowest BCUT2D eigenvalue weighted by molar-refractivity contribution is -0.140. The first kappa shape index (κ1) is 32.5. The van der Waals surface area contributed by atoms with Gasteiger partial charge in [-0.1, -0.05) is 59.9 Å². The van der Waals surface area contributed by atoms with Crippen molar-refractivity contribution in [2.24, 2.45) is 0 Å². The number of anilines is 1. The monoisotopic (exact) mass is 639 g/mol. The Morgan fingerprint density at radius 2 is 1.59 bits per heavy atom. The van der Waals surface area contributed by atoms with Crippen LogP contribution < -0.4 is 14.4 Å². The number of sulfonamides is 1. The lowest BCUT2D eigenvalue weighted by Gasteiger charge is -2.33. The molecule has 12 heteroatoms. The van der Waals surface area contributed by atoms with Gasteiger partial charge >= 0.3 is 0 Å². The van der Waals surface area contributed by atoms with Crippen LogP contribution in [-0.2, 0) is 26.2 Å². The molecule has 2 amide bonds. The van der Waals surface area contributed by atoms with Crippen molar-refractivity contribution in [3.8, 4) is 5.75 Å². The van der Waals surface area contributed by atoms with E-state index in [0.29, 0.717) is 27.2 Å². The van der Waals surface area contributed by atoms with E-state index in [1.54, 1.807) is 63.2 Å². The molecule has 3 rings (SSSR count). The fourth-order valence-electron chi connectivity index (χ4n) is 4.23. The number of carbonyl (C=O) groups excluding carboxylic acids is 2. The number of halogens is 3. The first-order chi connectivity index (χ1) is 19.5. The smallest absolute Gasteiger partial charge is 0.264 e. The Hall–Kier alpha value is -2.98. The number of rotatable bonds is 13. The summed E-state index contributed by atoms with van der Waals surface area (Å²) in [5.74, 6) is -0.698. The predicted octanol–water partition coefficient (Wildman–Crippen LogP) is 6.18. The quantitative estimate of drug-likeness (QED) is 0.241. The van der Waals surface area contributed by atoms with E-state index in [1.165, 1.54) is 29.2 Å². The van der Waals surface area contributed by atoms with Crippen molar-refractivity contribution in [3.63, 3.8) is 0 Å². The van der Waals surface area contributed by atoms with E-state index < -0.39 is 28.5 Å². The van der Waals surface area contributed by atoms with Gasteiger partial charge in [0.05, 0.1) is 17.2 Å². The summed E-state index contributed by atoms with van der Waals surface area (Å²) in [5.41, 5.74) is 0.724. The van der Waals surface area contributed by atoms with Gasteiger partial charge < -0.3 is 15.0 Å². The van der Waals surface area contributed by atoms with Gasteiger partial charge in [-0.05, 0) is 74.4 Å². The van der Waals surface area contributed by atoms with Crippen LogP contribution in [0.15, 0.2) is 71.6 Å². The summed E-state index contributed by atoms with van der Waals surface area (Å²) < 4.78 is 34.8. The van der Waals surface area contributed by atoms with Gasteiger partial charge in [-0.2, -0.15) is 0 Å². The third-order valence-electron chi connectivity index (χ3n) is 6.21. The highest BCUT2D eigenvalue weighted by atomic mass is 35.5. The summed E-state index contributed by atoms with van der Waals surface area (Å²) >= 11 is 18.5. The van der Waals surface area contributed by atoms with Crippen LogP contribution in [-0.4, -0.2) is 50.9 Å². The molecule has 0 saturated heterocycles. The topological polar surface area (TPSA) is 96.0 Å². The second kappa shape index (κ2) is 14.8. The molecule has 8 nitrogen and oxygen atoms in total. The average Bonchev–Trinajstić information content (AvgIpc) is 2.93. The number of hydrogen-bond acceptors (Lipinski definition) is 5. The highest BCUT2D eigenvalue weighted by molar-refractivity contribution is 7.92. The summed E-state index contributed by atoms with van der Waals surface area (Å²) in [6.07, 6.45) is 0.280. The number of para-hydroxylation sites is 2. The first-order valence-corrected chi connectivity index (χ1v) is 15.6. The SMILES string of the molecule is CCNC(=O)[C@@H](CC)N(Cc1ccc(Cl)cc1Cl)C(=O)CN(c1ccccc1OCC)S(=O)(=O)c1ccc(Cl)cc1. The molecule has 0 radical (unpaired) electrons. The summed E-state index contributed by atoms with van der Waals surface area (Å²) in [7, 11) is -4.29. The number of ether oxygens (including phenoxy) is 1. The largest absolute Gasteiger partial charge is 0.492 e. The number of nitrogens with one attached hydrogen (secondary N) is 1. The molecule has 0 saturated carbocycles. The minimum atomic E-state index is -4.29. The molecule has 41 heavy (non-hydrogen) atoms. The second-order valence-corrected chi connectivity index (χ2v) is 12.1. The molecule has 0 aromatic heterocycles. The van der Waals surface area contributed by atoms with Gasteiger partial charge in [0.2, 0.25) is 11.8 Å². The van der Waals surface area contributed by atoms with Crippen LogP contribution >= 0.6 is 34.8 Å². The third kappa shape index (κ3) is 8.07. The minimum Gasteiger partial charge on any atom is -0.492 e. The minimum absolute atomic E-state index is 0.0492. The predicted molar refractivity (Wildman–Crippen MR) is 163 cm³/mol. The molecule has 220 valence electrons. The first-order valence-electron chi connectivity index (χ1n) is 13.0. The molecule has 1 atom stereocenters. The van der Waals surface area contributed by atoms with Crippen molar-refractivity contribution in [3.05, 3.63) is 87.4 Å². The fourth-order valence-corrected chi connectivity index (χ4v) is 6.25. The Labute approximate surface area is 256 Å². The van der Waals surface area contributed by atoms with E-state index in [9.17, 15) is 18.0 Å². The zero-order chi connectivity index (χ0) is 30.2. The number of benzene rings is 3. The highest BCUT2D eigenvalue weighted by Gasteiger charge is 2.35. The van der Waals surface area contributed by atoms with E-state index in [4.69, 9.17) is 39.5 Å². The summed E-state index contributed by atoms with van der Waals surface area (Å²) in [5, 5.41) is 3.85. The third-order valence-corrected chi connectivity index (χ3v) is 8.82. The van der Waals surface area contributed by atoms with Crippen LogP contribution in [0.5, 0.6) is 5.75 Å². The van der Waals surface area contributed by atoms with Crippen molar-refractivity contribution in [1.82, 2.24) is 10.2 Å². The normalized spacial score (nSPS) is 12.0. The second-order valence-electron chi connectivity index (χ2n) is 8.94. The van der Waals surface area contributed by atoms with Crippen molar-refractivity contribution in [2.45, 2.75) is 44.7 Å². The number of hydrogen-bond donors (Lipinski definition) is 1. The number of amides is 2. The van der Waals surface area contributed by atoms with Gasteiger partial charge in [0.15, 0.2) is 0 Å². The number of likely N-dealkylation sites (N-methyl/N-ethyl adjacent to an activating group) is 1. The summed E-state index contributed by atoms with van der Waals surface area (Å²) in [4.78, 5) is 28.5. The molecular weight excluding hydrogens is 609 g/mol. The van der Waals surface area contributed by atoms with Crippen molar-refractivity contribution in [2.75, 3.05) is 24.0 Å². The maximum atomic E-state index is 14.1. The van der Waals surface area contributed by atoms with E-state index in [-0.39, 0.29) is 41.8 Å². The van der Waals surface area contributed by atoms with Crippen LogP contribution in [0, 0.1) is 0 Å². The Kier molecular flexibility index (Phi) is 11.7. The van der Waals surface area contributed by atoms with Crippen molar-refractivity contribution >= 4 is 62.3 Å². The van der Waals surface area contributed by atoms with Crippen LogP contribution in [0.2, 0.25) is 15.1 Å². The Balaban J connectivity index is 2.13. The number of carbonyl (C=O) groups is 2. The zero-order valence-electron chi connectivity index (χ0n) is 22.9.